The lowest BCUT2D eigenvalue weighted by molar-refractivity contribution is 0.154. The van der Waals surface area contributed by atoms with Crippen LogP contribution in [0.1, 0.15) is 55.1 Å². The van der Waals surface area contributed by atoms with Gasteiger partial charge < -0.3 is 4.52 Å². The van der Waals surface area contributed by atoms with Gasteiger partial charge in [0, 0.05) is 18.5 Å². The van der Waals surface area contributed by atoms with Gasteiger partial charge in [-0.15, -0.1) is 0 Å². The second kappa shape index (κ2) is 5.26. The van der Waals surface area contributed by atoms with Crippen LogP contribution in [0.2, 0.25) is 0 Å². The highest BCUT2D eigenvalue weighted by molar-refractivity contribution is 5.34. The van der Waals surface area contributed by atoms with Crippen LogP contribution in [0, 0.1) is 0 Å². The molecule has 1 aromatic carbocycles. The third-order valence-corrected chi connectivity index (χ3v) is 4.66. The fourth-order valence-electron chi connectivity index (χ4n) is 3.43. The van der Waals surface area contributed by atoms with Gasteiger partial charge in [-0.05, 0) is 36.8 Å². The SMILES string of the molecule is CCc1noc(CN(C2CC2)[C@@H]2CCc3ccccc32)n1. The first-order valence-corrected chi connectivity index (χ1v) is 8.00. The van der Waals surface area contributed by atoms with Crippen LogP contribution in [0.3, 0.4) is 0 Å². The van der Waals surface area contributed by atoms with E-state index in [0.29, 0.717) is 12.1 Å². The predicted octanol–water partition coefficient (Wildman–Crippen LogP) is 3.28. The minimum atomic E-state index is 0.519. The summed E-state index contributed by atoms with van der Waals surface area (Å²) in [6, 6.07) is 10.1. The number of nitrogens with zero attached hydrogens (tertiary/aromatic N) is 3. The Balaban J connectivity index is 1.58. The number of aromatic nitrogens is 2. The van der Waals surface area contributed by atoms with Crippen molar-refractivity contribution < 1.29 is 4.52 Å². The van der Waals surface area contributed by atoms with Gasteiger partial charge in [0.15, 0.2) is 5.82 Å². The first-order valence-electron chi connectivity index (χ1n) is 8.00. The van der Waals surface area contributed by atoms with Gasteiger partial charge in [0.25, 0.3) is 0 Å². The van der Waals surface area contributed by atoms with Crippen LogP contribution in [0.5, 0.6) is 0 Å². The van der Waals surface area contributed by atoms with Gasteiger partial charge in [0.2, 0.25) is 5.89 Å². The summed E-state index contributed by atoms with van der Waals surface area (Å²) in [5, 5.41) is 4.03. The average Bonchev–Trinajstić information content (AvgIpc) is 3.11. The Hall–Kier alpha value is -1.68. The molecule has 0 radical (unpaired) electrons. The van der Waals surface area contributed by atoms with E-state index in [1.54, 1.807) is 0 Å². The lowest BCUT2D eigenvalue weighted by atomic mass is 10.1. The lowest BCUT2D eigenvalue weighted by Crippen LogP contribution is -2.29. The Labute approximate surface area is 125 Å². The summed E-state index contributed by atoms with van der Waals surface area (Å²) >= 11 is 0. The van der Waals surface area contributed by atoms with Gasteiger partial charge in [-0.25, -0.2) is 0 Å². The topological polar surface area (TPSA) is 42.2 Å². The minimum absolute atomic E-state index is 0.519. The second-order valence-electron chi connectivity index (χ2n) is 6.11. The first kappa shape index (κ1) is 13.0. The third-order valence-electron chi connectivity index (χ3n) is 4.66. The summed E-state index contributed by atoms with van der Waals surface area (Å²) in [6.45, 7) is 2.84. The number of rotatable bonds is 5. The van der Waals surface area contributed by atoms with Gasteiger partial charge in [0.1, 0.15) is 0 Å². The summed E-state index contributed by atoms with van der Waals surface area (Å²) < 4.78 is 5.41. The van der Waals surface area contributed by atoms with E-state index in [1.807, 2.05) is 0 Å². The van der Waals surface area contributed by atoms with E-state index in [1.165, 1.54) is 36.8 Å². The van der Waals surface area contributed by atoms with Gasteiger partial charge in [-0.1, -0.05) is 36.3 Å². The fraction of sp³-hybridized carbons (Fsp3) is 0.529. The summed E-state index contributed by atoms with van der Waals surface area (Å²) in [4.78, 5) is 7.07. The molecule has 2 aliphatic rings. The molecule has 4 rings (SSSR count). The highest BCUT2D eigenvalue weighted by atomic mass is 16.5. The van der Waals surface area contributed by atoms with Crippen LogP contribution < -0.4 is 0 Å². The van der Waals surface area contributed by atoms with E-state index in [9.17, 15) is 0 Å². The quantitative estimate of drug-likeness (QED) is 0.844. The van der Waals surface area contributed by atoms with Crippen molar-refractivity contribution in [1.29, 1.82) is 0 Å². The molecule has 4 nitrogen and oxygen atoms in total. The van der Waals surface area contributed by atoms with Crippen LogP contribution in [-0.2, 0) is 19.4 Å². The maximum absolute atomic E-state index is 5.41. The Kier molecular flexibility index (Phi) is 3.26. The van der Waals surface area contributed by atoms with Gasteiger partial charge >= 0.3 is 0 Å². The number of hydrogen-bond donors (Lipinski definition) is 0. The fourth-order valence-corrected chi connectivity index (χ4v) is 3.43. The van der Waals surface area contributed by atoms with Crippen molar-refractivity contribution in [3.05, 3.63) is 47.1 Å². The van der Waals surface area contributed by atoms with Crippen LogP contribution in [0.15, 0.2) is 28.8 Å². The van der Waals surface area contributed by atoms with Crippen LogP contribution in [0.25, 0.3) is 0 Å². The summed E-state index contributed by atoms with van der Waals surface area (Å²) in [5.74, 6) is 1.58. The Bertz CT molecular complexity index is 632. The van der Waals surface area contributed by atoms with Crippen molar-refractivity contribution in [2.45, 2.75) is 57.7 Å². The molecule has 1 saturated carbocycles. The van der Waals surface area contributed by atoms with Crippen molar-refractivity contribution in [3.63, 3.8) is 0 Å². The van der Waals surface area contributed by atoms with Crippen molar-refractivity contribution in [3.8, 4) is 0 Å². The molecular weight excluding hydrogens is 262 g/mol. The van der Waals surface area contributed by atoms with Crippen LogP contribution >= 0.6 is 0 Å². The molecule has 1 heterocycles. The van der Waals surface area contributed by atoms with E-state index >= 15 is 0 Å². The highest BCUT2D eigenvalue weighted by Crippen LogP contribution is 2.42. The number of aryl methyl sites for hydroxylation is 2. The van der Waals surface area contributed by atoms with Crippen molar-refractivity contribution >= 4 is 0 Å². The molecule has 0 saturated heterocycles. The molecule has 2 aliphatic carbocycles. The summed E-state index contributed by atoms with van der Waals surface area (Å²) in [5.41, 5.74) is 3.01. The molecule has 1 aromatic heterocycles. The normalized spacial score (nSPS) is 21.0. The smallest absolute Gasteiger partial charge is 0.240 e. The number of hydrogen-bond acceptors (Lipinski definition) is 4. The van der Waals surface area contributed by atoms with Crippen molar-refractivity contribution in [2.24, 2.45) is 0 Å². The summed E-state index contributed by atoms with van der Waals surface area (Å²) in [7, 11) is 0. The van der Waals surface area contributed by atoms with Crippen molar-refractivity contribution in [1.82, 2.24) is 15.0 Å². The molecule has 0 aliphatic heterocycles. The van der Waals surface area contributed by atoms with E-state index in [2.05, 4.69) is 46.2 Å². The largest absolute Gasteiger partial charge is 0.338 e. The third kappa shape index (κ3) is 2.48. The second-order valence-corrected chi connectivity index (χ2v) is 6.11. The molecule has 4 heteroatoms. The average molecular weight is 283 g/mol. The zero-order chi connectivity index (χ0) is 14.2. The molecule has 21 heavy (non-hydrogen) atoms. The molecule has 0 amide bonds. The molecule has 0 bridgehead atoms. The predicted molar refractivity (Wildman–Crippen MR) is 79.7 cm³/mol. The maximum atomic E-state index is 5.41. The van der Waals surface area contributed by atoms with Crippen molar-refractivity contribution in [2.75, 3.05) is 0 Å². The number of fused-ring (bicyclic) bond motifs is 1. The molecule has 0 spiro atoms. The van der Waals surface area contributed by atoms with Crippen LogP contribution in [0.4, 0.5) is 0 Å². The minimum Gasteiger partial charge on any atom is -0.338 e. The molecular formula is C17H21N3O. The van der Waals surface area contributed by atoms with E-state index in [4.69, 9.17) is 4.52 Å². The van der Waals surface area contributed by atoms with Crippen LogP contribution in [-0.4, -0.2) is 21.1 Å². The zero-order valence-electron chi connectivity index (χ0n) is 12.5. The Morgan fingerprint density at radius 1 is 1.24 bits per heavy atom. The highest BCUT2D eigenvalue weighted by Gasteiger charge is 2.38. The zero-order valence-corrected chi connectivity index (χ0v) is 12.5. The van der Waals surface area contributed by atoms with E-state index in [0.717, 1.165) is 24.7 Å². The lowest BCUT2D eigenvalue weighted by Gasteiger charge is -2.28. The Morgan fingerprint density at radius 2 is 2.10 bits per heavy atom. The molecule has 2 aromatic rings. The van der Waals surface area contributed by atoms with E-state index in [-0.39, 0.29) is 0 Å². The van der Waals surface area contributed by atoms with Gasteiger partial charge in [-0.3, -0.25) is 4.90 Å². The maximum Gasteiger partial charge on any atom is 0.240 e. The molecule has 1 atom stereocenters. The molecule has 0 unspecified atom stereocenters. The van der Waals surface area contributed by atoms with Gasteiger partial charge in [-0.2, -0.15) is 4.98 Å². The number of benzene rings is 1. The van der Waals surface area contributed by atoms with E-state index < -0.39 is 0 Å². The standard InChI is InChI=1S/C17H21N3O/c1-2-16-18-17(21-19-16)11-20(13-8-9-13)15-10-7-12-5-3-4-6-14(12)15/h3-6,13,15H,2,7-11H2,1H3/t15-/m1/s1. The molecule has 0 N–H and O–H groups in total. The summed E-state index contributed by atoms with van der Waals surface area (Å²) in [6.07, 6.45) is 5.83. The monoisotopic (exact) mass is 283 g/mol. The van der Waals surface area contributed by atoms with Gasteiger partial charge in [0.05, 0.1) is 6.54 Å². The molecule has 1 fully saturated rings. The first-order chi connectivity index (χ1) is 10.3. The molecule has 110 valence electrons. The Morgan fingerprint density at radius 3 is 2.86 bits per heavy atom.